The van der Waals surface area contributed by atoms with Gasteiger partial charge in [0.05, 0.1) is 6.04 Å². The van der Waals surface area contributed by atoms with Gasteiger partial charge in [-0.2, -0.15) is 11.8 Å². The fraction of sp³-hybridized carbons (Fsp3) is 0.500. The zero-order valence-corrected chi connectivity index (χ0v) is 20.0. The van der Waals surface area contributed by atoms with Gasteiger partial charge in [-0.25, -0.2) is 4.79 Å². The Morgan fingerprint density at radius 2 is 1.53 bits per heavy atom. The van der Waals surface area contributed by atoms with Crippen LogP contribution >= 0.6 is 11.8 Å². The summed E-state index contributed by atoms with van der Waals surface area (Å²) in [4.78, 5) is 59.8. The number of nitrogens with one attached hydrogen (secondary N) is 3. The number of benzene rings is 1. The fourth-order valence-corrected chi connectivity index (χ4v) is 3.39. The van der Waals surface area contributed by atoms with Crippen molar-refractivity contribution >= 4 is 41.4 Å². The van der Waals surface area contributed by atoms with Crippen molar-refractivity contribution in [3.63, 3.8) is 0 Å². The molecule has 0 saturated heterocycles. The third-order valence-electron chi connectivity index (χ3n) is 4.90. The molecule has 11 nitrogen and oxygen atoms in total. The maximum Gasteiger partial charge on any atom is 0.326 e. The Morgan fingerprint density at radius 1 is 0.912 bits per heavy atom. The molecule has 1 rings (SSSR count). The fourth-order valence-electron chi connectivity index (χ4n) is 2.92. The summed E-state index contributed by atoms with van der Waals surface area (Å²) in [5.41, 5.74) is 6.43. The molecule has 0 aliphatic carbocycles. The van der Waals surface area contributed by atoms with Crippen molar-refractivity contribution in [3.8, 4) is 0 Å². The van der Waals surface area contributed by atoms with Crippen LogP contribution in [0.15, 0.2) is 30.3 Å². The molecule has 3 amide bonds. The number of carboxylic acid groups (broad SMARTS) is 2. The number of amides is 3. The molecule has 0 aliphatic rings. The van der Waals surface area contributed by atoms with E-state index in [1.54, 1.807) is 30.3 Å². The minimum Gasteiger partial charge on any atom is -0.481 e. The van der Waals surface area contributed by atoms with Crippen LogP contribution in [0.2, 0.25) is 0 Å². The van der Waals surface area contributed by atoms with Gasteiger partial charge in [0.1, 0.15) is 18.1 Å². The second-order valence-corrected chi connectivity index (χ2v) is 8.69. The summed E-state index contributed by atoms with van der Waals surface area (Å²) in [7, 11) is 0. The molecule has 7 N–H and O–H groups in total. The quantitative estimate of drug-likeness (QED) is 0.190. The highest BCUT2D eigenvalue weighted by molar-refractivity contribution is 7.98. The molecular formula is C22H32N4O7S. The molecule has 1 aromatic rings. The smallest absolute Gasteiger partial charge is 0.326 e. The predicted octanol–water partition coefficient (Wildman–Crippen LogP) is -0.267. The van der Waals surface area contributed by atoms with Gasteiger partial charge >= 0.3 is 11.9 Å². The molecule has 0 radical (unpaired) electrons. The zero-order valence-electron chi connectivity index (χ0n) is 19.2. The number of hydrogen-bond acceptors (Lipinski definition) is 7. The van der Waals surface area contributed by atoms with Crippen LogP contribution in [0.4, 0.5) is 0 Å². The average molecular weight is 497 g/mol. The molecule has 0 spiro atoms. The van der Waals surface area contributed by atoms with E-state index in [2.05, 4.69) is 16.0 Å². The minimum atomic E-state index is -1.21. The molecule has 0 heterocycles. The summed E-state index contributed by atoms with van der Waals surface area (Å²) in [5, 5.41) is 25.6. The third-order valence-corrected chi connectivity index (χ3v) is 5.54. The lowest BCUT2D eigenvalue weighted by molar-refractivity contribution is -0.142. The van der Waals surface area contributed by atoms with Gasteiger partial charge in [-0.3, -0.25) is 19.2 Å². The van der Waals surface area contributed by atoms with Gasteiger partial charge in [-0.1, -0.05) is 30.3 Å². The van der Waals surface area contributed by atoms with Crippen LogP contribution < -0.4 is 21.7 Å². The van der Waals surface area contributed by atoms with Crippen molar-refractivity contribution in [1.82, 2.24) is 16.0 Å². The van der Waals surface area contributed by atoms with Crippen LogP contribution in [0.3, 0.4) is 0 Å². The monoisotopic (exact) mass is 496 g/mol. The molecule has 4 unspecified atom stereocenters. The van der Waals surface area contributed by atoms with Gasteiger partial charge < -0.3 is 31.9 Å². The van der Waals surface area contributed by atoms with Crippen molar-refractivity contribution in [2.45, 2.75) is 56.8 Å². The largest absolute Gasteiger partial charge is 0.481 e. The molecule has 1 aromatic carbocycles. The summed E-state index contributed by atoms with van der Waals surface area (Å²) in [5.74, 6) is -3.77. The maximum atomic E-state index is 12.7. The van der Waals surface area contributed by atoms with Gasteiger partial charge in [-0.05, 0) is 37.3 Å². The highest BCUT2D eigenvalue weighted by Crippen LogP contribution is 2.06. The van der Waals surface area contributed by atoms with E-state index >= 15 is 0 Å². The van der Waals surface area contributed by atoms with Gasteiger partial charge in [0.2, 0.25) is 17.7 Å². The Kier molecular flexibility index (Phi) is 12.7. The Labute approximate surface area is 202 Å². The lowest BCUT2D eigenvalue weighted by Crippen LogP contribution is -2.56. The van der Waals surface area contributed by atoms with Crippen molar-refractivity contribution in [3.05, 3.63) is 35.9 Å². The minimum absolute atomic E-state index is 0.0726. The predicted molar refractivity (Wildman–Crippen MR) is 127 cm³/mol. The van der Waals surface area contributed by atoms with Crippen molar-refractivity contribution in [1.29, 1.82) is 0 Å². The number of nitrogens with two attached hydrogens (primary N) is 1. The molecular weight excluding hydrogens is 464 g/mol. The number of carbonyl (C=O) groups excluding carboxylic acids is 3. The van der Waals surface area contributed by atoms with Crippen LogP contribution in [0.5, 0.6) is 0 Å². The lowest BCUT2D eigenvalue weighted by Gasteiger charge is -2.23. The molecule has 0 aliphatic heterocycles. The van der Waals surface area contributed by atoms with E-state index in [0.717, 1.165) is 5.56 Å². The van der Waals surface area contributed by atoms with Crippen molar-refractivity contribution < 1.29 is 34.2 Å². The molecule has 188 valence electrons. The van der Waals surface area contributed by atoms with Gasteiger partial charge in [0.15, 0.2) is 0 Å². The second kappa shape index (κ2) is 14.9. The topological polar surface area (TPSA) is 188 Å². The van der Waals surface area contributed by atoms with Gasteiger partial charge in [0, 0.05) is 12.8 Å². The molecule has 4 atom stereocenters. The molecule has 0 bridgehead atoms. The van der Waals surface area contributed by atoms with Gasteiger partial charge in [0.25, 0.3) is 0 Å². The first-order valence-corrected chi connectivity index (χ1v) is 12.1. The average Bonchev–Trinajstić information content (AvgIpc) is 2.79. The van der Waals surface area contributed by atoms with Crippen molar-refractivity contribution in [2.24, 2.45) is 5.73 Å². The number of carbonyl (C=O) groups is 5. The number of carboxylic acids is 2. The second-order valence-electron chi connectivity index (χ2n) is 7.70. The standard InChI is InChI=1S/C22H32N4O7S/c1-13(19(29)26-17(22(32)33)12-14-6-4-3-5-7-14)24-21(31)16(10-11-34-2)25-20(30)15(23)8-9-18(27)28/h3-7,13,15-17H,8-12,23H2,1-2H3,(H,24,31)(H,25,30)(H,26,29)(H,27,28)(H,32,33). The van der Waals surface area contributed by atoms with Gasteiger partial charge in [-0.15, -0.1) is 0 Å². The van der Waals surface area contributed by atoms with E-state index in [9.17, 15) is 29.1 Å². The number of aliphatic carboxylic acids is 2. The molecule has 0 aromatic heterocycles. The van der Waals surface area contributed by atoms with Crippen LogP contribution in [0.25, 0.3) is 0 Å². The summed E-state index contributed by atoms with van der Waals surface area (Å²) in [6.07, 6.45) is 1.77. The molecule has 12 heteroatoms. The van der Waals surface area contributed by atoms with Crippen LogP contribution in [0, 0.1) is 0 Å². The maximum absolute atomic E-state index is 12.7. The van der Waals surface area contributed by atoms with E-state index in [-0.39, 0.29) is 25.7 Å². The Hall–Kier alpha value is -3.12. The lowest BCUT2D eigenvalue weighted by atomic mass is 10.1. The van der Waals surface area contributed by atoms with Crippen LogP contribution in [-0.4, -0.2) is 76.0 Å². The van der Waals surface area contributed by atoms with E-state index in [1.165, 1.54) is 18.7 Å². The summed E-state index contributed by atoms with van der Waals surface area (Å²) in [6, 6.07) is 4.45. The Balaban J connectivity index is 2.74. The SMILES string of the molecule is CSCCC(NC(=O)C(N)CCC(=O)O)C(=O)NC(C)C(=O)NC(Cc1ccccc1)C(=O)O. The van der Waals surface area contributed by atoms with Crippen molar-refractivity contribution in [2.75, 3.05) is 12.0 Å². The first-order valence-electron chi connectivity index (χ1n) is 10.7. The highest BCUT2D eigenvalue weighted by Gasteiger charge is 2.28. The Bertz CT molecular complexity index is 853. The van der Waals surface area contributed by atoms with E-state index in [0.29, 0.717) is 5.75 Å². The number of hydrogen-bond donors (Lipinski definition) is 6. The summed E-state index contributed by atoms with van der Waals surface area (Å²) in [6.45, 7) is 1.40. The van der Waals surface area contributed by atoms with E-state index < -0.39 is 53.8 Å². The highest BCUT2D eigenvalue weighted by atomic mass is 32.2. The molecule has 0 saturated carbocycles. The first-order chi connectivity index (χ1) is 16.0. The number of thioether (sulfide) groups is 1. The Morgan fingerprint density at radius 3 is 2.09 bits per heavy atom. The van der Waals surface area contributed by atoms with Crippen LogP contribution in [-0.2, 0) is 30.4 Å². The van der Waals surface area contributed by atoms with Crippen LogP contribution in [0.1, 0.15) is 31.7 Å². The van der Waals surface area contributed by atoms with E-state index in [4.69, 9.17) is 10.8 Å². The normalized spacial score (nSPS) is 14.2. The molecule has 34 heavy (non-hydrogen) atoms. The summed E-state index contributed by atoms with van der Waals surface area (Å²) < 4.78 is 0. The number of rotatable bonds is 15. The summed E-state index contributed by atoms with van der Waals surface area (Å²) >= 11 is 1.45. The zero-order chi connectivity index (χ0) is 25.7. The third kappa shape index (κ3) is 10.7. The van der Waals surface area contributed by atoms with E-state index in [1.807, 2.05) is 6.26 Å². The molecule has 0 fully saturated rings. The first kappa shape index (κ1) is 28.9.